The van der Waals surface area contributed by atoms with Crippen molar-refractivity contribution in [2.45, 2.75) is 12.8 Å². The zero-order valence-corrected chi connectivity index (χ0v) is 22.1. The minimum absolute atomic E-state index is 0.0607. The van der Waals surface area contributed by atoms with Crippen molar-refractivity contribution in [3.8, 4) is 11.8 Å². The van der Waals surface area contributed by atoms with E-state index in [0.717, 1.165) is 18.9 Å². The molecule has 2 amide bonds. The number of esters is 1. The van der Waals surface area contributed by atoms with Gasteiger partial charge in [0.05, 0.1) is 46.2 Å². The first kappa shape index (κ1) is 27.7. The lowest BCUT2D eigenvalue weighted by Gasteiger charge is -2.31. The molecule has 0 aliphatic carbocycles. The molecule has 0 radical (unpaired) electrons. The van der Waals surface area contributed by atoms with Gasteiger partial charge in [0.15, 0.2) is 5.75 Å². The standard InChI is InChI=1S/C24H20Cl3N3O5S/c1-3-35-21-16(26)8-12(9-17(21)27)19-15(10-28)23(30-22(32)20(19)24(33)34-2)36-11-18(31)29-14-6-4-13(25)5-7-14/h4-9,19-20H,3,11H2,1-2H3,(H,29,31)(H,30,32)/t19-,20-/m0/s1. The fourth-order valence-electron chi connectivity index (χ4n) is 3.59. The van der Waals surface area contributed by atoms with E-state index in [9.17, 15) is 19.6 Å². The molecule has 0 saturated carbocycles. The number of nitrogens with one attached hydrogen (secondary N) is 2. The highest BCUT2D eigenvalue weighted by Crippen LogP contribution is 2.44. The van der Waals surface area contributed by atoms with Gasteiger partial charge in [0.25, 0.3) is 0 Å². The molecule has 0 aromatic heterocycles. The number of nitrogens with zero attached hydrogens (tertiary/aromatic N) is 1. The smallest absolute Gasteiger partial charge is 0.319 e. The summed E-state index contributed by atoms with van der Waals surface area (Å²) in [7, 11) is 1.14. The van der Waals surface area contributed by atoms with Crippen LogP contribution in [0.1, 0.15) is 18.4 Å². The minimum Gasteiger partial charge on any atom is -0.491 e. The summed E-state index contributed by atoms with van der Waals surface area (Å²) in [6.45, 7) is 2.08. The number of thioether (sulfide) groups is 1. The second-order valence-electron chi connectivity index (χ2n) is 7.41. The first-order valence-electron chi connectivity index (χ1n) is 10.5. The van der Waals surface area contributed by atoms with Crippen molar-refractivity contribution in [3.05, 3.63) is 67.6 Å². The molecule has 1 heterocycles. The van der Waals surface area contributed by atoms with Gasteiger partial charge in [-0.1, -0.05) is 46.6 Å². The molecule has 0 saturated heterocycles. The van der Waals surface area contributed by atoms with Crippen molar-refractivity contribution in [2.24, 2.45) is 5.92 Å². The highest BCUT2D eigenvalue weighted by atomic mass is 35.5. The number of hydrogen-bond acceptors (Lipinski definition) is 7. The Labute approximate surface area is 226 Å². The maximum atomic E-state index is 13.0. The molecule has 12 heteroatoms. The van der Waals surface area contributed by atoms with Crippen LogP contribution < -0.4 is 15.4 Å². The molecule has 36 heavy (non-hydrogen) atoms. The lowest BCUT2D eigenvalue weighted by atomic mass is 9.78. The normalized spacial score (nSPS) is 17.2. The van der Waals surface area contributed by atoms with Crippen molar-refractivity contribution >= 4 is 70.0 Å². The molecule has 2 aromatic carbocycles. The fourth-order valence-corrected chi connectivity index (χ4v) is 5.18. The number of rotatable bonds is 8. The number of halogens is 3. The topological polar surface area (TPSA) is 118 Å². The molecule has 0 unspecified atom stereocenters. The number of benzene rings is 2. The quantitative estimate of drug-likeness (QED) is 0.334. The van der Waals surface area contributed by atoms with Crippen LogP contribution in [0.3, 0.4) is 0 Å². The number of nitriles is 1. The van der Waals surface area contributed by atoms with E-state index in [2.05, 4.69) is 16.7 Å². The van der Waals surface area contributed by atoms with E-state index < -0.39 is 23.7 Å². The maximum absolute atomic E-state index is 13.0. The number of hydrogen-bond donors (Lipinski definition) is 2. The van der Waals surface area contributed by atoms with Crippen LogP contribution in [0.4, 0.5) is 5.69 Å². The second kappa shape index (κ2) is 12.4. The zero-order chi connectivity index (χ0) is 26.4. The summed E-state index contributed by atoms with van der Waals surface area (Å²) in [5.41, 5.74) is 0.944. The third-order valence-corrected chi connectivity index (χ3v) is 6.96. The van der Waals surface area contributed by atoms with Crippen molar-refractivity contribution in [1.82, 2.24) is 5.32 Å². The number of methoxy groups -OCH3 is 1. The molecule has 2 N–H and O–H groups in total. The number of carbonyl (C=O) groups excluding carboxylic acids is 3. The number of anilines is 1. The Hall–Kier alpha value is -2.90. The lowest BCUT2D eigenvalue weighted by Crippen LogP contribution is -2.44. The van der Waals surface area contributed by atoms with E-state index >= 15 is 0 Å². The van der Waals surface area contributed by atoms with Gasteiger partial charge in [-0.2, -0.15) is 5.26 Å². The van der Waals surface area contributed by atoms with Crippen LogP contribution in [0.25, 0.3) is 0 Å². The van der Waals surface area contributed by atoms with Gasteiger partial charge in [-0.05, 0) is 48.9 Å². The number of allylic oxidation sites excluding steroid dienone is 1. The van der Waals surface area contributed by atoms with Crippen LogP contribution in [-0.2, 0) is 19.1 Å². The lowest BCUT2D eigenvalue weighted by molar-refractivity contribution is -0.150. The minimum atomic E-state index is -1.37. The maximum Gasteiger partial charge on any atom is 0.319 e. The van der Waals surface area contributed by atoms with Gasteiger partial charge in [0, 0.05) is 16.6 Å². The predicted octanol–water partition coefficient (Wildman–Crippen LogP) is 5.16. The largest absolute Gasteiger partial charge is 0.491 e. The highest BCUT2D eigenvalue weighted by molar-refractivity contribution is 8.03. The van der Waals surface area contributed by atoms with Gasteiger partial charge in [-0.3, -0.25) is 14.4 Å². The molecular formula is C24H20Cl3N3O5S. The number of ether oxygens (including phenoxy) is 2. The molecule has 1 aliphatic rings. The number of carbonyl (C=O) groups is 3. The molecule has 2 aromatic rings. The van der Waals surface area contributed by atoms with E-state index in [0.29, 0.717) is 22.9 Å². The van der Waals surface area contributed by atoms with E-state index in [1.165, 1.54) is 12.1 Å². The van der Waals surface area contributed by atoms with Crippen molar-refractivity contribution in [2.75, 3.05) is 24.8 Å². The summed E-state index contributed by atoms with van der Waals surface area (Å²) in [6.07, 6.45) is 0. The molecule has 2 atom stereocenters. The van der Waals surface area contributed by atoms with Crippen molar-refractivity contribution in [3.63, 3.8) is 0 Å². The molecule has 1 aliphatic heterocycles. The van der Waals surface area contributed by atoms with E-state index in [1.54, 1.807) is 31.2 Å². The van der Waals surface area contributed by atoms with Crippen LogP contribution in [0, 0.1) is 17.2 Å². The first-order valence-corrected chi connectivity index (χ1v) is 12.6. The summed E-state index contributed by atoms with van der Waals surface area (Å²) >= 11 is 19.5. The highest BCUT2D eigenvalue weighted by Gasteiger charge is 2.44. The molecule has 0 spiro atoms. The van der Waals surface area contributed by atoms with Crippen LogP contribution >= 0.6 is 46.6 Å². The van der Waals surface area contributed by atoms with E-state index in [4.69, 9.17) is 44.3 Å². The average molecular weight is 569 g/mol. The third-order valence-electron chi connectivity index (χ3n) is 5.13. The molecule has 8 nitrogen and oxygen atoms in total. The summed E-state index contributed by atoms with van der Waals surface area (Å²) in [5, 5.41) is 16.3. The van der Waals surface area contributed by atoms with Gasteiger partial charge in [0.1, 0.15) is 5.92 Å². The Balaban J connectivity index is 1.96. The van der Waals surface area contributed by atoms with E-state index in [-0.39, 0.29) is 38.1 Å². The molecule has 3 rings (SSSR count). The van der Waals surface area contributed by atoms with Gasteiger partial charge < -0.3 is 20.1 Å². The fraction of sp³-hybridized carbons (Fsp3) is 0.250. The summed E-state index contributed by atoms with van der Waals surface area (Å²) < 4.78 is 10.3. The van der Waals surface area contributed by atoms with Gasteiger partial charge in [0.2, 0.25) is 11.8 Å². The third kappa shape index (κ3) is 6.26. The Kier molecular flexibility index (Phi) is 9.51. The Morgan fingerprint density at radius 1 is 1.17 bits per heavy atom. The first-order chi connectivity index (χ1) is 17.2. The van der Waals surface area contributed by atoms with E-state index in [1.807, 2.05) is 0 Å². The molecule has 0 fully saturated rings. The van der Waals surface area contributed by atoms with Crippen molar-refractivity contribution in [1.29, 1.82) is 5.26 Å². The number of amides is 2. The molecule has 188 valence electrons. The van der Waals surface area contributed by atoms with Crippen LogP contribution in [0.15, 0.2) is 47.0 Å². The van der Waals surface area contributed by atoms with Gasteiger partial charge in [-0.25, -0.2) is 0 Å². The Morgan fingerprint density at radius 3 is 2.36 bits per heavy atom. The van der Waals surface area contributed by atoms with Crippen LogP contribution in [0.2, 0.25) is 15.1 Å². The second-order valence-corrected chi connectivity index (χ2v) is 9.65. The van der Waals surface area contributed by atoms with Crippen LogP contribution in [-0.4, -0.2) is 37.3 Å². The van der Waals surface area contributed by atoms with Crippen LogP contribution in [0.5, 0.6) is 5.75 Å². The summed E-state index contributed by atoms with van der Waals surface area (Å²) in [5.74, 6) is -4.20. The molecular weight excluding hydrogens is 549 g/mol. The Bertz CT molecular complexity index is 1240. The Morgan fingerprint density at radius 2 is 1.81 bits per heavy atom. The summed E-state index contributed by atoms with van der Waals surface area (Å²) in [4.78, 5) is 38.0. The SMILES string of the molecule is CCOc1c(Cl)cc([C@H]2C(C#N)=C(SCC(=O)Nc3ccc(Cl)cc3)NC(=O)[C@H]2C(=O)OC)cc1Cl. The summed E-state index contributed by atoms with van der Waals surface area (Å²) in [6, 6.07) is 11.6. The molecule has 0 bridgehead atoms. The monoisotopic (exact) mass is 567 g/mol. The van der Waals surface area contributed by atoms with Gasteiger partial charge in [-0.15, -0.1) is 0 Å². The predicted molar refractivity (Wildman–Crippen MR) is 139 cm³/mol. The average Bonchev–Trinajstić information content (AvgIpc) is 2.85. The zero-order valence-electron chi connectivity index (χ0n) is 19.1. The van der Waals surface area contributed by atoms with Gasteiger partial charge >= 0.3 is 5.97 Å². The van der Waals surface area contributed by atoms with Crippen molar-refractivity contribution < 1.29 is 23.9 Å².